The van der Waals surface area contributed by atoms with Crippen molar-refractivity contribution in [2.75, 3.05) is 11.9 Å². The second kappa shape index (κ2) is 5.38. The van der Waals surface area contributed by atoms with Gasteiger partial charge in [-0.2, -0.15) is 0 Å². The third-order valence-corrected chi connectivity index (χ3v) is 5.58. The predicted octanol–water partition coefficient (Wildman–Crippen LogP) is 4.41. The lowest BCUT2D eigenvalue weighted by molar-refractivity contribution is 0.600. The zero-order chi connectivity index (χ0) is 17.0. The number of aromatic nitrogens is 3. The zero-order valence-electron chi connectivity index (χ0n) is 14.6. The molecular weight excluding hydrogens is 308 g/mol. The molecule has 25 heavy (non-hydrogen) atoms. The Labute approximate surface area is 146 Å². The third kappa shape index (κ3) is 2.32. The highest BCUT2D eigenvalue weighted by Gasteiger charge is 2.23. The second-order valence-corrected chi connectivity index (χ2v) is 7.20. The number of aromatic amines is 2. The van der Waals surface area contributed by atoms with Crippen molar-refractivity contribution in [2.45, 2.75) is 32.2 Å². The van der Waals surface area contributed by atoms with Gasteiger partial charge < -0.3 is 14.9 Å². The topological polar surface area (TPSA) is 47.7 Å². The quantitative estimate of drug-likeness (QED) is 0.572. The van der Waals surface area contributed by atoms with E-state index in [1.54, 1.807) is 0 Å². The number of fused-ring (bicyclic) bond motifs is 4. The Balaban J connectivity index is 1.54. The van der Waals surface area contributed by atoms with Gasteiger partial charge in [-0.1, -0.05) is 18.2 Å². The molecule has 4 aromatic rings. The van der Waals surface area contributed by atoms with Gasteiger partial charge in [0, 0.05) is 42.0 Å². The lowest BCUT2D eigenvalue weighted by Crippen LogP contribution is -2.33. The summed E-state index contributed by atoms with van der Waals surface area (Å²) in [7, 11) is 2.19. The number of nitrogens with one attached hydrogen (secondary N) is 2. The summed E-state index contributed by atoms with van der Waals surface area (Å²) in [5.74, 6) is 1.02. The van der Waals surface area contributed by atoms with Gasteiger partial charge in [-0.25, -0.2) is 4.98 Å². The average Bonchev–Trinajstić information content (AvgIpc) is 3.20. The van der Waals surface area contributed by atoms with Crippen molar-refractivity contribution in [3.8, 4) is 0 Å². The van der Waals surface area contributed by atoms with E-state index in [4.69, 9.17) is 4.98 Å². The van der Waals surface area contributed by atoms with Crippen molar-refractivity contribution in [3.05, 3.63) is 59.5 Å². The van der Waals surface area contributed by atoms with Crippen molar-refractivity contribution < 1.29 is 0 Å². The average molecular weight is 330 g/mol. The van der Waals surface area contributed by atoms with E-state index in [0.717, 1.165) is 29.7 Å². The van der Waals surface area contributed by atoms with Gasteiger partial charge in [0.25, 0.3) is 0 Å². The lowest BCUT2D eigenvalue weighted by Gasteiger charge is -2.33. The molecule has 0 aliphatic carbocycles. The Morgan fingerprint density at radius 1 is 1.12 bits per heavy atom. The minimum Gasteiger partial charge on any atom is -0.372 e. The Hall–Kier alpha value is -2.75. The molecule has 1 aliphatic heterocycles. The number of hydrogen-bond donors (Lipinski definition) is 2. The van der Waals surface area contributed by atoms with Gasteiger partial charge in [-0.3, -0.25) is 0 Å². The molecular formula is C21H22N4. The molecule has 3 heterocycles. The van der Waals surface area contributed by atoms with Crippen LogP contribution in [-0.4, -0.2) is 28.0 Å². The predicted molar refractivity (Wildman–Crippen MR) is 103 cm³/mol. The van der Waals surface area contributed by atoms with E-state index in [1.807, 2.05) is 0 Å². The maximum Gasteiger partial charge on any atom is 0.113 e. The fourth-order valence-electron chi connectivity index (χ4n) is 4.03. The van der Waals surface area contributed by atoms with Crippen LogP contribution in [0.5, 0.6) is 0 Å². The Kier molecular flexibility index (Phi) is 3.14. The van der Waals surface area contributed by atoms with Crippen molar-refractivity contribution in [2.24, 2.45) is 0 Å². The largest absolute Gasteiger partial charge is 0.372 e. The van der Waals surface area contributed by atoms with E-state index in [0.29, 0.717) is 6.04 Å². The van der Waals surface area contributed by atoms with Crippen molar-refractivity contribution >= 4 is 27.6 Å². The van der Waals surface area contributed by atoms with Crippen LogP contribution in [0, 0.1) is 0 Å². The molecule has 126 valence electrons. The van der Waals surface area contributed by atoms with E-state index in [9.17, 15) is 0 Å². The number of H-pyrrole nitrogens is 2. The number of para-hydroxylation sites is 1. The summed E-state index contributed by atoms with van der Waals surface area (Å²) < 4.78 is 0. The molecule has 1 aliphatic rings. The first-order valence-corrected chi connectivity index (χ1v) is 8.99. The highest BCUT2D eigenvalue weighted by atomic mass is 15.1. The summed E-state index contributed by atoms with van der Waals surface area (Å²) in [6, 6.07) is 15.6. The van der Waals surface area contributed by atoms with Crippen molar-refractivity contribution in [3.63, 3.8) is 0 Å². The van der Waals surface area contributed by atoms with Gasteiger partial charge in [-0.15, -0.1) is 0 Å². The van der Waals surface area contributed by atoms with E-state index in [-0.39, 0.29) is 0 Å². The monoisotopic (exact) mass is 330 g/mol. The minimum atomic E-state index is 0.592. The van der Waals surface area contributed by atoms with Gasteiger partial charge >= 0.3 is 0 Å². The summed E-state index contributed by atoms with van der Waals surface area (Å²) in [5, 5.41) is 1.25. The fraction of sp³-hybridized carbons (Fsp3) is 0.286. The molecule has 4 nitrogen and oxygen atoms in total. The van der Waals surface area contributed by atoms with Crippen LogP contribution in [0.4, 0.5) is 5.69 Å². The maximum absolute atomic E-state index is 4.95. The molecule has 0 radical (unpaired) electrons. The number of anilines is 1. The molecule has 0 fully saturated rings. The van der Waals surface area contributed by atoms with Crippen LogP contribution in [0.2, 0.25) is 0 Å². The number of nitrogens with zero attached hydrogens (tertiary/aromatic N) is 2. The first kappa shape index (κ1) is 14.6. The molecule has 2 aromatic carbocycles. The van der Waals surface area contributed by atoms with Crippen molar-refractivity contribution in [1.29, 1.82) is 0 Å². The SMILES string of the molecule is CC1CCc2c(ccc3[nH]c(Cc4cc5ccccc5[nH]4)nc23)N1C. The zero-order valence-corrected chi connectivity index (χ0v) is 14.6. The highest BCUT2D eigenvalue weighted by Crippen LogP contribution is 2.34. The van der Waals surface area contributed by atoms with Gasteiger partial charge in [0.15, 0.2) is 0 Å². The van der Waals surface area contributed by atoms with E-state index in [2.05, 4.69) is 71.3 Å². The van der Waals surface area contributed by atoms with Gasteiger partial charge in [0.2, 0.25) is 0 Å². The molecule has 5 rings (SSSR count). The normalized spacial score (nSPS) is 17.4. The van der Waals surface area contributed by atoms with Crippen LogP contribution >= 0.6 is 0 Å². The Morgan fingerprint density at radius 3 is 2.88 bits per heavy atom. The summed E-state index contributed by atoms with van der Waals surface area (Å²) >= 11 is 0. The summed E-state index contributed by atoms with van der Waals surface area (Å²) in [6.07, 6.45) is 3.09. The third-order valence-electron chi connectivity index (χ3n) is 5.58. The van der Waals surface area contributed by atoms with E-state index >= 15 is 0 Å². The van der Waals surface area contributed by atoms with Crippen molar-refractivity contribution in [1.82, 2.24) is 15.0 Å². The molecule has 2 aromatic heterocycles. The minimum absolute atomic E-state index is 0.592. The first-order valence-electron chi connectivity index (χ1n) is 8.99. The van der Waals surface area contributed by atoms with Crippen LogP contribution in [0.1, 0.15) is 30.4 Å². The molecule has 0 saturated carbocycles. The van der Waals surface area contributed by atoms with E-state index < -0.39 is 0 Å². The molecule has 0 saturated heterocycles. The molecule has 1 unspecified atom stereocenters. The van der Waals surface area contributed by atoms with E-state index in [1.165, 1.54) is 34.3 Å². The molecule has 0 amide bonds. The summed E-state index contributed by atoms with van der Waals surface area (Å²) in [6.45, 7) is 2.29. The standard InChI is InChI=1S/C21H22N4/c1-13-7-8-16-19(25(13)2)10-9-18-21(16)24-20(23-18)12-15-11-14-5-3-4-6-17(14)22-15/h3-6,9-11,13,22H,7-8,12H2,1-2H3,(H,23,24). The molecule has 1 atom stereocenters. The van der Waals surface area contributed by atoms with Crippen LogP contribution in [0.25, 0.3) is 21.9 Å². The number of imidazole rings is 1. The number of aryl methyl sites for hydroxylation is 1. The van der Waals surface area contributed by atoms with Gasteiger partial charge in [-0.05, 0) is 49.4 Å². The first-order chi connectivity index (χ1) is 12.2. The summed E-state index contributed by atoms with van der Waals surface area (Å²) in [4.78, 5) is 14.3. The molecule has 4 heteroatoms. The summed E-state index contributed by atoms with van der Waals surface area (Å²) in [5.41, 5.74) is 7.38. The van der Waals surface area contributed by atoms with Crippen LogP contribution in [0.15, 0.2) is 42.5 Å². The number of hydrogen-bond acceptors (Lipinski definition) is 2. The number of rotatable bonds is 2. The Morgan fingerprint density at radius 2 is 2.00 bits per heavy atom. The van der Waals surface area contributed by atoms with Crippen LogP contribution < -0.4 is 4.90 Å². The lowest BCUT2D eigenvalue weighted by atomic mass is 9.96. The van der Waals surface area contributed by atoms with Gasteiger partial charge in [0.1, 0.15) is 5.82 Å². The highest BCUT2D eigenvalue weighted by molar-refractivity contribution is 5.86. The molecule has 0 spiro atoms. The number of benzene rings is 2. The van der Waals surface area contributed by atoms with Crippen LogP contribution in [-0.2, 0) is 12.8 Å². The fourth-order valence-corrected chi connectivity index (χ4v) is 4.03. The Bertz CT molecular complexity index is 1040. The van der Waals surface area contributed by atoms with Crippen LogP contribution in [0.3, 0.4) is 0 Å². The maximum atomic E-state index is 4.95. The molecule has 0 bridgehead atoms. The molecule has 2 N–H and O–H groups in total. The smallest absolute Gasteiger partial charge is 0.113 e. The van der Waals surface area contributed by atoms with Gasteiger partial charge in [0.05, 0.1) is 11.0 Å². The second-order valence-electron chi connectivity index (χ2n) is 7.20.